The van der Waals surface area contributed by atoms with Gasteiger partial charge in [-0.3, -0.25) is 0 Å². The average molecular weight is 600 g/mol. The number of methoxy groups -OCH3 is 2. The summed E-state index contributed by atoms with van der Waals surface area (Å²) in [6, 6.07) is 0. The lowest BCUT2D eigenvalue weighted by atomic mass is 9.97. The van der Waals surface area contributed by atoms with Crippen LogP contribution in [0.1, 0.15) is 53.4 Å². The maximum absolute atomic E-state index is 6.24. The second kappa shape index (κ2) is 22.7. The van der Waals surface area contributed by atoms with Gasteiger partial charge in [0.25, 0.3) is 0 Å². The number of halogens is 2. The third-order valence-electron chi connectivity index (χ3n) is 5.43. The van der Waals surface area contributed by atoms with Crippen LogP contribution in [-0.4, -0.2) is 76.7 Å². The predicted molar refractivity (Wildman–Crippen MR) is 146 cm³/mol. The zero-order valence-corrected chi connectivity index (χ0v) is 24.9. The van der Waals surface area contributed by atoms with E-state index in [0.29, 0.717) is 51.5 Å². The molecule has 0 bridgehead atoms. The highest BCUT2D eigenvalue weighted by molar-refractivity contribution is 9.09. The molecule has 0 N–H and O–H groups in total. The lowest BCUT2D eigenvalue weighted by molar-refractivity contribution is -0.0929. The fourth-order valence-electron chi connectivity index (χ4n) is 3.40. The molecule has 0 aliphatic heterocycles. The molecule has 0 aliphatic carbocycles. The first-order chi connectivity index (χ1) is 15.9. The largest absolute Gasteiger partial charge is 0.382 e. The fourth-order valence-corrected chi connectivity index (χ4v) is 4.88. The second-order valence-corrected chi connectivity index (χ2v) is 10.2. The Bertz CT molecular complexity index is 461. The van der Waals surface area contributed by atoms with Crippen LogP contribution in [0.25, 0.3) is 0 Å². The van der Waals surface area contributed by atoms with Crippen molar-refractivity contribution in [2.24, 2.45) is 11.8 Å². The van der Waals surface area contributed by atoms with Crippen LogP contribution in [0.2, 0.25) is 0 Å². The van der Waals surface area contributed by atoms with Gasteiger partial charge in [-0.2, -0.15) is 0 Å². The molecule has 0 amide bonds. The molecule has 7 heteroatoms. The second-order valence-electron chi connectivity index (χ2n) is 8.89. The van der Waals surface area contributed by atoms with E-state index in [2.05, 4.69) is 71.7 Å². The molecule has 196 valence electrons. The SMILES string of the molecule is COCCOC(COCC(OCCOC)C(CBr)CCC=C(C)C)C(CBr)CCC=C(C)C. The number of ether oxygens (including phenoxy) is 5. The van der Waals surface area contributed by atoms with Gasteiger partial charge in [0, 0.05) is 24.9 Å². The molecule has 0 aromatic heterocycles. The highest BCUT2D eigenvalue weighted by Crippen LogP contribution is 2.22. The maximum atomic E-state index is 6.24. The van der Waals surface area contributed by atoms with Gasteiger partial charge in [-0.1, -0.05) is 55.2 Å². The number of hydrogen-bond acceptors (Lipinski definition) is 5. The first-order valence-electron chi connectivity index (χ1n) is 12.1. The van der Waals surface area contributed by atoms with E-state index in [0.717, 1.165) is 36.3 Å². The zero-order valence-electron chi connectivity index (χ0n) is 21.7. The van der Waals surface area contributed by atoms with Crippen molar-refractivity contribution < 1.29 is 23.7 Å². The van der Waals surface area contributed by atoms with Crippen LogP contribution in [-0.2, 0) is 23.7 Å². The van der Waals surface area contributed by atoms with Crippen molar-refractivity contribution in [1.82, 2.24) is 0 Å². The smallest absolute Gasteiger partial charge is 0.0845 e. The van der Waals surface area contributed by atoms with E-state index in [-0.39, 0.29) is 12.2 Å². The number of allylic oxidation sites excluding steroid dienone is 4. The Morgan fingerprint density at radius 2 is 1.06 bits per heavy atom. The standard InChI is InChI=1S/C26H48Br2O5/c1-21(2)9-7-11-23(17-27)25(32-15-13-29-5)19-31-20-26(33-16-14-30-6)24(18-28)12-8-10-22(3)4/h9-10,23-26H,7-8,11-20H2,1-6H3. The molecule has 0 heterocycles. The Balaban J connectivity index is 5.04. The lowest BCUT2D eigenvalue weighted by Gasteiger charge is -2.29. The molecule has 4 atom stereocenters. The van der Waals surface area contributed by atoms with E-state index in [1.807, 2.05) is 0 Å². The summed E-state index contributed by atoms with van der Waals surface area (Å²) >= 11 is 7.38. The molecule has 5 nitrogen and oxygen atoms in total. The zero-order chi connectivity index (χ0) is 24.9. The molecule has 0 fully saturated rings. The van der Waals surface area contributed by atoms with Crippen molar-refractivity contribution in [2.45, 2.75) is 65.6 Å². The van der Waals surface area contributed by atoms with Crippen LogP contribution in [0.15, 0.2) is 23.3 Å². The molecule has 33 heavy (non-hydrogen) atoms. The highest BCUT2D eigenvalue weighted by Gasteiger charge is 2.25. The van der Waals surface area contributed by atoms with Crippen molar-refractivity contribution in [2.75, 3.05) is 64.5 Å². The Morgan fingerprint density at radius 1 is 0.667 bits per heavy atom. The van der Waals surface area contributed by atoms with Gasteiger partial charge in [0.15, 0.2) is 0 Å². The van der Waals surface area contributed by atoms with Gasteiger partial charge in [0.05, 0.1) is 51.8 Å². The topological polar surface area (TPSA) is 46.2 Å². The first kappa shape index (κ1) is 33.2. The molecule has 0 aliphatic rings. The molecule has 0 saturated carbocycles. The minimum Gasteiger partial charge on any atom is -0.382 e. The molecule has 0 aromatic rings. The summed E-state index contributed by atoms with van der Waals surface area (Å²) in [4.78, 5) is 0. The Morgan fingerprint density at radius 3 is 1.36 bits per heavy atom. The van der Waals surface area contributed by atoms with Gasteiger partial charge in [-0.25, -0.2) is 0 Å². The van der Waals surface area contributed by atoms with Crippen LogP contribution in [0.4, 0.5) is 0 Å². The van der Waals surface area contributed by atoms with Crippen LogP contribution >= 0.6 is 31.9 Å². The lowest BCUT2D eigenvalue weighted by Crippen LogP contribution is -2.36. The van der Waals surface area contributed by atoms with Crippen molar-refractivity contribution in [1.29, 1.82) is 0 Å². The Hall–Kier alpha value is 0.240. The first-order valence-corrected chi connectivity index (χ1v) is 14.3. The molecule has 0 spiro atoms. The quantitative estimate of drug-likeness (QED) is 0.0799. The number of hydrogen-bond donors (Lipinski definition) is 0. The molecule has 0 aromatic carbocycles. The number of rotatable bonds is 22. The summed E-state index contributed by atoms with van der Waals surface area (Å²) in [6.45, 7) is 11.9. The molecular weight excluding hydrogens is 552 g/mol. The fraction of sp³-hybridized carbons (Fsp3) is 0.846. The van der Waals surface area contributed by atoms with E-state index in [9.17, 15) is 0 Å². The minimum atomic E-state index is 0.0119. The van der Waals surface area contributed by atoms with Gasteiger partial charge in [-0.05, 0) is 65.2 Å². The van der Waals surface area contributed by atoms with E-state index >= 15 is 0 Å². The van der Waals surface area contributed by atoms with E-state index < -0.39 is 0 Å². The van der Waals surface area contributed by atoms with Gasteiger partial charge in [0.2, 0.25) is 0 Å². The third kappa shape index (κ3) is 18.2. The van der Waals surface area contributed by atoms with Gasteiger partial charge in [0.1, 0.15) is 0 Å². The van der Waals surface area contributed by atoms with E-state index in [4.69, 9.17) is 23.7 Å². The Labute approximate surface area is 220 Å². The Kier molecular flexibility index (Phi) is 22.9. The average Bonchev–Trinajstić information content (AvgIpc) is 2.78. The highest BCUT2D eigenvalue weighted by atomic mass is 79.9. The molecular formula is C26H48Br2O5. The van der Waals surface area contributed by atoms with Crippen LogP contribution < -0.4 is 0 Å². The summed E-state index contributed by atoms with van der Waals surface area (Å²) in [5, 5.41) is 1.76. The third-order valence-corrected chi connectivity index (χ3v) is 7.09. The van der Waals surface area contributed by atoms with Gasteiger partial charge >= 0.3 is 0 Å². The van der Waals surface area contributed by atoms with Gasteiger partial charge < -0.3 is 23.7 Å². The molecule has 0 radical (unpaired) electrons. The normalized spacial score (nSPS) is 15.0. The molecule has 4 unspecified atom stereocenters. The summed E-state index contributed by atoms with van der Waals surface area (Å²) < 4.78 is 29.0. The maximum Gasteiger partial charge on any atom is 0.0845 e. The minimum absolute atomic E-state index is 0.0119. The van der Waals surface area contributed by atoms with E-state index in [1.165, 1.54) is 11.1 Å². The van der Waals surface area contributed by atoms with Gasteiger partial charge in [-0.15, -0.1) is 0 Å². The molecule has 0 saturated heterocycles. The van der Waals surface area contributed by atoms with Crippen molar-refractivity contribution >= 4 is 31.9 Å². The van der Waals surface area contributed by atoms with Crippen LogP contribution in [0.3, 0.4) is 0 Å². The summed E-state index contributed by atoms with van der Waals surface area (Å²) in [5.74, 6) is 0.741. The van der Waals surface area contributed by atoms with Crippen molar-refractivity contribution in [3.8, 4) is 0 Å². The summed E-state index contributed by atoms with van der Waals surface area (Å²) in [5.41, 5.74) is 2.70. The molecule has 0 rings (SSSR count). The van der Waals surface area contributed by atoms with E-state index in [1.54, 1.807) is 14.2 Å². The predicted octanol–water partition coefficient (Wildman–Crippen LogP) is 6.58. The number of alkyl halides is 2. The van der Waals surface area contributed by atoms with Crippen molar-refractivity contribution in [3.63, 3.8) is 0 Å². The monoisotopic (exact) mass is 598 g/mol. The van der Waals surface area contributed by atoms with Crippen LogP contribution in [0.5, 0.6) is 0 Å². The summed E-state index contributed by atoms with van der Waals surface area (Å²) in [7, 11) is 3.40. The van der Waals surface area contributed by atoms with Crippen molar-refractivity contribution in [3.05, 3.63) is 23.3 Å². The van der Waals surface area contributed by atoms with Crippen LogP contribution in [0, 0.1) is 11.8 Å². The summed E-state index contributed by atoms with van der Waals surface area (Å²) in [6.07, 6.45) is 8.79.